The Morgan fingerprint density at radius 1 is 1.40 bits per heavy atom. The summed E-state index contributed by atoms with van der Waals surface area (Å²) in [6, 6.07) is 0. The van der Waals surface area contributed by atoms with Crippen LogP contribution in [0.25, 0.3) is 0 Å². The number of nitrogens with one attached hydrogen (secondary N) is 1. The average molecular weight is 378 g/mol. The van der Waals surface area contributed by atoms with E-state index in [9.17, 15) is 24.4 Å². The van der Waals surface area contributed by atoms with Gasteiger partial charge in [0, 0.05) is 19.7 Å². The standard InChI is InChI=1S/C14H23N2O8P/c1-4-14(2,24-25(21)22)5-8-9(17)10(18)11(23-8)7-6-16(3)13(20)15-12(7)19/h6,8-11,17-18,25H,4-5H2,1-3H3,(H,21,22)(H,15,19,20)/t8-,9-,10-,11?,14?/m1/s1. The highest BCUT2D eigenvalue weighted by molar-refractivity contribution is 7.32. The molecular formula is C14H23N2O8P. The highest BCUT2D eigenvalue weighted by Crippen LogP contribution is 2.39. The monoisotopic (exact) mass is 378 g/mol. The fraction of sp³-hybridized carbons (Fsp3) is 0.714. The highest BCUT2D eigenvalue weighted by Gasteiger charge is 2.47. The van der Waals surface area contributed by atoms with Crippen LogP contribution in [0.15, 0.2) is 15.8 Å². The summed E-state index contributed by atoms with van der Waals surface area (Å²) in [6.45, 7) is 3.35. The van der Waals surface area contributed by atoms with Crippen LogP contribution in [-0.2, 0) is 20.9 Å². The van der Waals surface area contributed by atoms with Crippen molar-refractivity contribution >= 4 is 8.25 Å². The van der Waals surface area contributed by atoms with Gasteiger partial charge in [-0.05, 0) is 13.3 Å². The van der Waals surface area contributed by atoms with Crippen LogP contribution < -0.4 is 11.2 Å². The first-order chi connectivity index (χ1) is 11.6. The fourth-order valence-electron chi connectivity index (χ4n) is 2.86. The molecular weight excluding hydrogens is 355 g/mol. The molecule has 1 aliphatic rings. The van der Waals surface area contributed by atoms with Crippen LogP contribution in [-0.4, -0.2) is 48.6 Å². The zero-order valence-corrected chi connectivity index (χ0v) is 15.1. The number of aliphatic hydroxyl groups excluding tert-OH is 2. The Balaban J connectivity index is 2.26. The first kappa shape index (κ1) is 20.0. The summed E-state index contributed by atoms with van der Waals surface area (Å²) in [4.78, 5) is 34.6. The number of aromatic nitrogens is 2. The lowest BCUT2D eigenvalue weighted by molar-refractivity contribution is -0.0447. The lowest BCUT2D eigenvalue weighted by atomic mass is 9.92. The SMILES string of the molecule is CCC(C)(C[C@H]1OC(c2cn(C)c(=O)[nH]c2=O)[C@H](O)[C@@H]1O)O[PH](=O)O. The summed E-state index contributed by atoms with van der Waals surface area (Å²) in [6.07, 6.45) is -3.11. The molecule has 2 rings (SSSR count). The molecule has 0 saturated carbocycles. The van der Waals surface area contributed by atoms with Crippen molar-refractivity contribution in [1.29, 1.82) is 0 Å². The Labute approximate surface area is 144 Å². The van der Waals surface area contributed by atoms with Crippen molar-refractivity contribution in [2.24, 2.45) is 7.05 Å². The van der Waals surface area contributed by atoms with Gasteiger partial charge >= 0.3 is 13.9 Å². The number of nitrogens with zero attached hydrogens (tertiary/aromatic N) is 1. The molecule has 0 radical (unpaired) electrons. The quantitative estimate of drug-likeness (QED) is 0.469. The van der Waals surface area contributed by atoms with Crippen LogP contribution in [0.5, 0.6) is 0 Å². The molecule has 1 saturated heterocycles. The number of aryl methyl sites for hydroxylation is 1. The largest absolute Gasteiger partial charge is 0.388 e. The fourth-order valence-corrected chi connectivity index (χ4v) is 3.50. The molecule has 0 aliphatic carbocycles. The molecule has 25 heavy (non-hydrogen) atoms. The van der Waals surface area contributed by atoms with E-state index in [0.29, 0.717) is 6.42 Å². The maximum atomic E-state index is 12.0. The number of aromatic amines is 1. The van der Waals surface area contributed by atoms with Crippen LogP contribution in [0.1, 0.15) is 38.4 Å². The Bertz CT molecular complexity index is 762. The molecule has 10 nitrogen and oxygen atoms in total. The molecule has 3 unspecified atom stereocenters. The minimum Gasteiger partial charge on any atom is -0.388 e. The highest BCUT2D eigenvalue weighted by atomic mass is 31.1. The Hall–Kier alpha value is -1.29. The van der Waals surface area contributed by atoms with E-state index < -0.39 is 49.5 Å². The number of rotatable bonds is 6. The van der Waals surface area contributed by atoms with E-state index in [-0.39, 0.29) is 12.0 Å². The number of ether oxygens (including phenoxy) is 1. The number of hydrogen-bond acceptors (Lipinski definition) is 7. The maximum absolute atomic E-state index is 12.0. The van der Waals surface area contributed by atoms with E-state index in [4.69, 9.17) is 14.2 Å². The Kier molecular flexibility index (Phi) is 6.03. The predicted octanol–water partition coefficient (Wildman–Crippen LogP) is -0.807. The molecule has 0 bridgehead atoms. The molecule has 11 heteroatoms. The minimum atomic E-state index is -3.20. The number of H-pyrrole nitrogens is 1. The summed E-state index contributed by atoms with van der Waals surface area (Å²) < 4.78 is 22.8. The van der Waals surface area contributed by atoms with Gasteiger partial charge in [0.05, 0.1) is 17.3 Å². The zero-order chi connectivity index (χ0) is 18.9. The van der Waals surface area contributed by atoms with Crippen molar-refractivity contribution in [3.63, 3.8) is 0 Å². The summed E-state index contributed by atoms with van der Waals surface area (Å²) >= 11 is 0. The Morgan fingerprint density at radius 3 is 2.60 bits per heavy atom. The average Bonchev–Trinajstić information content (AvgIpc) is 2.78. The summed E-state index contributed by atoms with van der Waals surface area (Å²) in [5.41, 5.74) is -2.36. The molecule has 142 valence electrons. The molecule has 0 aromatic carbocycles. The second-order valence-electron chi connectivity index (χ2n) is 6.41. The van der Waals surface area contributed by atoms with Crippen LogP contribution in [0.2, 0.25) is 0 Å². The molecule has 1 aromatic heterocycles. The molecule has 1 aromatic rings. The van der Waals surface area contributed by atoms with Gasteiger partial charge in [0.1, 0.15) is 18.3 Å². The van der Waals surface area contributed by atoms with E-state index in [2.05, 4.69) is 4.98 Å². The van der Waals surface area contributed by atoms with Crippen molar-refractivity contribution in [2.75, 3.05) is 0 Å². The second kappa shape index (κ2) is 7.53. The molecule has 1 aliphatic heterocycles. The Morgan fingerprint density at radius 2 is 2.04 bits per heavy atom. The van der Waals surface area contributed by atoms with E-state index in [1.54, 1.807) is 13.8 Å². The normalized spacial score (nSPS) is 30.2. The van der Waals surface area contributed by atoms with E-state index in [1.807, 2.05) is 0 Å². The molecule has 0 spiro atoms. The van der Waals surface area contributed by atoms with Gasteiger partial charge in [-0.25, -0.2) is 4.79 Å². The predicted molar refractivity (Wildman–Crippen MR) is 87.5 cm³/mol. The van der Waals surface area contributed by atoms with Gasteiger partial charge < -0.3 is 28.9 Å². The van der Waals surface area contributed by atoms with Gasteiger partial charge in [0.25, 0.3) is 5.56 Å². The maximum Gasteiger partial charge on any atom is 0.328 e. The van der Waals surface area contributed by atoms with Crippen molar-refractivity contribution < 1.29 is 28.9 Å². The van der Waals surface area contributed by atoms with Crippen LogP contribution >= 0.6 is 8.25 Å². The molecule has 2 heterocycles. The minimum absolute atomic E-state index is 0.00556. The number of hydrogen-bond donors (Lipinski definition) is 4. The molecule has 1 fully saturated rings. The summed E-state index contributed by atoms with van der Waals surface area (Å²) in [5.74, 6) is 0. The van der Waals surface area contributed by atoms with Crippen LogP contribution in [0.3, 0.4) is 0 Å². The first-order valence-corrected chi connectivity index (χ1v) is 9.07. The molecule has 6 atom stereocenters. The third-order valence-corrected chi connectivity index (χ3v) is 5.19. The molecule has 4 N–H and O–H groups in total. The third kappa shape index (κ3) is 4.28. The van der Waals surface area contributed by atoms with E-state index in [1.165, 1.54) is 13.2 Å². The van der Waals surface area contributed by atoms with Crippen LogP contribution in [0.4, 0.5) is 0 Å². The van der Waals surface area contributed by atoms with Gasteiger partial charge in [-0.3, -0.25) is 14.3 Å². The second-order valence-corrected chi connectivity index (χ2v) is 7.14. The van der Waals surface area contributed by atoms with E-state index in [0.717, 1.165) is 4.57 Å². The lowest BCUT2D eigenvalue weighted by Crippen LogP contribution is -2.38. The molecule has 0 amide bonds. The van der Waals surface area contributed by atoms with E-state index >= 15 is 0 Å². The topological polar surface area (TPSA) is 151 Å². The van der Waals surface area contributed by atoms with Crippen molar-refractivity contribution in [3.05, 3.63) is 32.6 Å². The smallest absolute Gasteiger partial charge is 0.328 e. The van der Waals surface area contributed by atoms with Crippen molar-refractivity contribution in [3.8, 4) is 0 Å². The van der Waals surface area contributed by atoms with Gasteiger partial charge in [-0.15, -0.1) is 0 Å². The lowest BCUT2D eigenvalue weighted by Gasteiger charge is -2.30. The summed E-state index contributed by atoms with van der Waals surface area (Å²) in [7, 11) is -1.77. The van der Waals surface area contributed by atoms with Crippen LogP contribution in [0, 0.1) is 0 Å². The van der Waals surface area contributed by atoms with Gasteiger partial charge in [0.2, 0.25) is 0 Å². The third-order valence-electron chi connectivity index (χ3n) is 4.52. The number of aliphatic hydroxyl groups is 2. The van der Waals surface area contributed by atoms with Crippen molar-refractivity contribution in [2.45, 2.75) is 56.7 Å². The zero-order valence-electron chi connectivity index (χ0n) is 14.1. The summed E-state index contributed by atoms with van der Waals surface area (Å²) in [5, 5.41) is 20.5. The van der Waals surface area contributed by atoms with Gasteiger partial charge in [-0.2, -0.15) is 0 Å². The van der Waals surface area contributed by atoms with Gasteiger partial charge in [0.15, 0.2) is 0 Å². The van der Waals surface area contributed by atoms with Crippen molar-refractivity contribution in [1.82, 2.24) is 9.55 Å². The first-order valence-electron chi connectivity index (χ1n) is 7.81. The van der Waals surface area contributed by atoms with Gasteiger partial charge in [-0.1, -0.05) is 6.92 Å².